The van der Waals surface area contributed by atoms with Crippen molar-refractivity contribution in [2.45, 2.75) is 65.1 Å². The van der Waals surface area contributed by atoms with E-state index in [0.717, 1.165) is 30.0 Å². The zero-order chi connectivity index (χ0) is 9.59. The van der Waals surface area contributed by atoms with Gasteiger partial charge in [-0.2, -0.15) is 0 Å². The van der Waals surface area contributed by atoms with Crippen molar-refractivity contribution < 1.29 is 0 Å². The first-order chi connectivity index (χ1) is 6.11. The Bertz CT molecular complexity index is 186. The van der Waals surface area contributed by atoms with E-state index in [1.807, 2.05) is 0 Å². The maximum absolute atomic E-state index is 2.78. The summed E-state index contributed by atoms with van der Waals surface area (Å²) in [6.07, 6.45) is 4.40. The van der Waals surface area contributed by atoms with E-state index in [-0.39, 0.29) is 0 Å². The molecule has 0 saturated carbocycles. The van der Waals surface area contributed by atoms with Gasteiger partial charge in [-0.3, -0.25) is 4.90 Å². The second kappa shape index (κ2) is 3.27. The SMILES string of the molecule is CC(C)C1CC2CCC1N2C(C)C. The van der Waals surface area contributed by atoms with E-state index < -0.39 is 0 Å². The Balaban J connectivity index is 2.10. The van der Waals surface area contributed by atoms with Gasteiger partial charge in [0.1, 0.15) is 0 Å². The Morgan fingerprint density at radius 2 is 1.77 bits per heavy atom. The van der Waals surface area contributed by atoms with Crippen molar-refractivity contribution >= 4 is 0 Å². The maximum atomic E-state index is 2.78. The van der Waals surface area contributed by atoms with Crippen molar-refractivity contribution in [3.8, 4) is 0 Å². The van der Waals surface area contributed by atoms with E-state index in [2.05, 4.69) is 32.6 Å². The van der Waals surface area contributed by atoms with Gasteiger partial charge >= 0.3 is 0 Å². The van der Waals surface area contributed by atoms with Gasteiger partial charge in [-0.15, -0.1) is 0 Å². The summed E-state index contributed by atoms with van der Waals surface area (Å²) < 4.78 is 0. The highest BCUT2D eigenvalue weighted by Gasteiger charge is 2.47. The summed E-state index contributed by atoms with van der Waals surface area (Å²) in [7, 11) is 0. The quantitative estimate of drug-likeness (QED) is 0.633. The van der Waals surface area contributed by atoms with E-state index in [1.165, 1.54) is 19.3 Å². The summed E-state index contributed by atoms with van der Waals surface area (Å²) in [5, 5.41) is 0. The smallest absolute Gasteiger partial charge is 0.0133 e. The fourth-order valence-electron chi connectivity index (χ4n) is 3.60. The van der Waals surface area contributed by atoms with E-state index >= 15 is 0 Å². The van der Waals surface area contributed by atoms with Gasteiger partial charge in [-0.1, -0.05) is 13.8 Å². The molecule has 2 saturated heterocycles. The lowest BCUT2D eigenvalue weighted by molar-refractivity contribution is 0.176. The van der Waals surface area contributed by atoms with E-state index in [0.29, 0.717) is 0 Å². The molecule has 0 N–H and O–H groups in total. The lowest BCUT2D eigenvalue weighted by Crippen LogP contribution is -2.37. The van der Waals surface area contributed by atoms with Crippen LogP contribution in [0.25, 0.3) is 0 Å². The number of fused-ring (bicyclic) bond motifs is 2. The van der Waals surface area contributed by atoms with Crippen molar-refractivity contribution in [1.29, 1.82) is 0 Å². The topological polar surface area (TPSA) is 3.24 Å². The summed E-state index contributed by atoms with van der Waals surface area (Å²) in [6.45, 7) is 9.50. The lowest BCUT2D eigenvalue weighted by atomic mass is 9.82. The second-order valence-electron chi connectivity index (χ2n) is 5.48. The molecule has 0 aromatic heterocycles. The monoisotopic (exact) mass is 181 g/mol. The molecule has 2 bridgehead atoms. The molecule has 0 aromatic rings. The Hall–Kier alpha value is -0.0400. The highest BCUT2D eigenvalue weighted by atomic mass is 15.3. The van der Waals surface area contributed by atoms with Crippen LogP contribution >= 0.6 is 0 Å². The molecule has 76 valence electrons. The average Bonchev–Trinajstić information content (AvgIpc) is 2.58. The minimum atomic E-state index is 0.765. The molecule has 0 aliphatic carbocycles. The van der Waals surface area contributed by atoms with Crippen molar-refractivity contribution in [3.05, 3.63) is 0 Å². The van der Waals surface area contributed by atoms with Crippen LogP contribution in [-0.2, 0) is 0 Å². The Morgan fingerprint density at radius 3 is 2.15 bits per heavy atom. The average molecular weight is 181 g/mol. The third kappa shape index (κ3) is 1.41. The number of rotatable bonds is 2. The summed E-state index contributed by atoms with van der Waals surface area (Å²) in [4.78, 5) is 2.78. The zero-order valence-electron chi connectivity index (χ0n) is 9.46. The molecule has 13 heavy (non-hydrogen) atoms. The summed E-state index contributed by atoms with van der Waals surface area (Å²) in [6, 6.07) is 2.61. The molecule has 2 aliphatic heterocycles. The van der Waals surface area contributed by atoms with Crippen LogP contribution in [-0.4, -0.2) is 23.0 Å². The van der Waals surface area contributed by atoms with Gasteiger partial charge in [0.15, 0.2) is 0 Å². The maximum Gasteiger partial charge on any atom is 0.0133 e. The first-order valence-corrected chi connectivity index (χ1v) is 5.88. The van der Waals surface area contributed by atoms with Gasteiger partial charge < -0.3 is 0 Å². The van der Waals surface area contributed by atoms with Gasteiger partial charge in [0.25, 0.3) is 0 Å². The predicted octanol–water partition coefficient (Wildman–Crippen LogP) is 2.90. The van der Waals surface area contributed by atoms with Crippen LogP contribution in [0.4, 0.5) is 0 Å². The second-order valence-corrected chi connectivity index (χ2v) is 5.48. The molecule has 3 atom stereocenters. The van der Waals surface area contributed by atoms with Crippen LogP contribution in [0.5, 0.6) is 0 Å². The molecule has 0 radical (unpaired) electrons. The predicted molar refractivity (Wildman–Crippen MR) is 56.7 cm³/mol. The van der Waals surface area contributed by atoms with E-state index in [1.54, 1.807) is 0 Å². The molecule has 1 heteroatoms. The molecule has 2 aliphatic rings. The molecule has 3 unspecified atom stereocenters. The Kier molecular flexibility index (Phi) is 2.39. The molecular formula is C12H23N. The summed E-state index contributed by atoms with van der Waals surface area (Å²) in [5.74, 6) is 1.87. The van der Waals surface area contributed by atoms with Gasteiger partial charge in [0.2, 0.25) is 0 Å². The van der Waals surface area contributed by atoms with Crippen molar-refractivity contribution in [3.63, 3.8) is 0 Å². The van der Waals surface area contributed by atoms with E-state index in [9.17, 15) is 0 Å². The van der Waals surface area contributed by atoms with Crippen LogP contribution in [0, 0.1) is 11.8 Å². The first-order valence-electron chi connectivity index (χ1n) is 5.88. The third-order valence-electron chi connectivity index (χ3n) is 4.09. The standard InChI is InChI=1S/C12H23N/c1-8(2)11-7-10-5-6-12(11)13(10)9(3)4/h8-12H,5-7H2,1-4H3. The molecule has 2 rings (SSSR count). The number of nitrogens with zero attached hydrogens (tertiary/aromatic N) is 1. The summed E-state index contributed by atoms with van der Waals surface area (Å²) >= 11 is 0. The van der Waals surface area contributed by atoms with Gasteiger partial charge in [0, 0.05) is 18.1 Å². The molecule has 2 heterocycles. The molecule has 0 spiro atoms. The van der Waals surface area contributed by atoms with Gasteiger partial charge in [-0.05, 0) is 44.9 Å². The summed E-state index contributed by atoms with van der Waals surface area (Å²) in [5.41, 5.74) is 0. The molecule has 0 aromatic carbocycles. The van der Waals surface area contributed by atoms with Crippen LogP contribution in [0.3, 0.4) is 0 Å². The first kappa shape index (κ1) is 9.51. The van der Waals surface area contributed by atoms with Crippen LogP contribution in [0.2, 0.25) is 0 Å². The molecule has 1 nitrogen and oxygen atoms in total. The third-order valence-corrected chi connectivity index (χ3v) is 4.09. The van der Waals surface area contributed by atoms with E-state index in [4.69, 9.17) is 0 Å². The Morgan fingerprint density at radius 1 is 1.08 bits per heavy atom. The zero-order valence-corrected chi connectivity index (χ0v) is 9.46. The van der Waals surface area contributed by atoms with Crippen molar-refractivity contribution in [1.82, 2.24) is 4.90 Å². The minimum absolute atomic E-state index is 0.765. The molecule has 2 fully saturated rings. The fraction of sp³-hybridized carbons (Fsp3) is 1.00. The highest BCUT2D eigenvalue weighted by Crippen LogP contribution is 2.45. The van der Waals surface area contributed by atoms with Crippen LogP contribution in [0.15, 0.2) is 0 Å². The molecular weight excluding hydrogens is 158 g/mol. The van der Waals surface area contributed by atoms with Gasteiger partial charge in [0.05, 0.1) is 0 Å². The van der Waals surface area contributed by atoms with Gasteiger partial charge in [-0.25, -0.2) is 0 Å². The van der Waals surface area contributed by atoms with Crippen LogP contribution in [0.1, 0.15) is 47.0 Å². The number of hydrogen-bond donors (Lipinski definition) is 0. The Labute approximate surface area is 82.5 Å². The highest BCUT2D eigenvalue weighted by molar-refractivity contribution is 5.01. The fourth-order valence-corrected chi connectivity index (χ4v) is 3.60. The lowest BCUT2D eigenvalue weighted by Gasteiger charge is -2.29. The van der Waals surface area contributed by atoms with Crippen molar-refractivity contribution in [2.24, 2.45) is 11.8 Å². The normalized spacial score (nSPS) is 39.7. The largest absolute Gasteiger partial charge is 0.295 e. The van der Waals surface area contributed by atoms with Crippen LogP contribution < -0.4 is 0 Å². The minimum Gasteiger partial charge on any atom is -0.295 e. The van der Waals surface area contributed by atoms with Crippen molar-refractivity contribution in [2.75, 3.05) is 0 Å². The molecule has 0 amide bonds. The number of hydrogen-bond acceptors (Lipinski definition) is 1.